The topological polar surface area (TPSA) is 172 Å². The second-order valence-electron chi connectivity index (χ2n) is 13.3. The van der Waals surface area contributed by atoms with Gasteiger partial charge in [0.1, 0.15) is 32.8 Å². The first-order valence-electron chi connectivity index (χ1n) is 17.6. The quantitative estimate of drug-likeness (QED) is 0.0393. The van der Waals surface area contributed by atoms with Crippen molar-refractivity contribution < 1.29 is 93.9 Å². The van der Waals surface area contributed by atoms with Crippen LogP contribution in [0.4, 0.5) is 39.5 Å². The predicted molar refractivity (Wildman–Crippen MR) is 200 cm³/mol. The second-order valence-corrected chi connectivity index (χ2v) is 16.1. The van der Waals surface area contributed by atoms with Gasteiger partial charge in [-0.05, 0) is 84.9 Å². The Morgan fingerprint density at radius 3 is 1.33 bits per heavy atom. The summed E-state index contributed by atoms with van der Waals surface area (Å²) in [7, 11) is -8.81. The van der Waals surface area contributed by atoms with Crippen LogP contribution < -0.4 is 14.2 Å². The molecule has 7 rings (SSSR count). The molecule has 0 amide bonds. The summed E-state index contributed by atoms with van der Waals surface area (Å²) >= 11 is 0. The first-order chi connectivity index (χ1) is 30.1. The standard InChI is InChI=1S/C41H23F9O12S2/c1-58-24-12-2-18(16-26(24)63(52,53)54)39(51)19-3-13-25(27(17-19)64(55,56)57)61-22-8-4-20(5-9-22)41(59-14-15-60-41)21-6-10-23(11-7-21)62-40-37(49)32(44)29(33(45)38(40)50)28-30(42)34(46)36(48)35(47)31(28)43/h2-13,16-17H,14-15H2,1H3,(H,52,53,54)(H,55,56,57). The number of methoxy groups -OCH3 is 1. The van der Waals surface area contributed by atoms with Gasteiger partial charge in [0.2, 0.25) is 29.0 Å². The van der Waals surface area contributed by atoms with Crippen LogP contribution in [-0.2, 0) is 35.5 Å². The molecule has 0 unspecified atom stereocenters. The van der Waals surface area contributed by atoms with Crippen molar-refractivity contribution in [2.45, 2.75) is 15.6 Å². The number of hydrogen-bond donors (Lipinski definition) is 2. The highest BCUT2D eigenvalue weighted by atomic mass is 32.2. The van der Waals surface area contributed by atoms with Crippen LogP contribution in [0.25, 0.3) is 11.1 Å². The summed E-state index contributed by atoms with van der Waals surface area (Å²) in [5, 5.41) is 0. The summed E-state index contributed by atoms with van der Waals surface area (Å²) in [6.45, 7) is 0.0502. The molecule has 1 saturated heterocycles. The number of ether oxygens (including phenoxy) is 5. The minimum absolute atomic E-state index is 0.0251. The van der Waals surface area contributed by atoms with Crippen molar-refractivity contribution in [1.29, 1.82) is 0 Å². The Labute approximate surface area is 354 Å². The second kappa shape index (κ2) is 16.9. The highest BCUT2D eigenvalue weighted by molar-refractivity contribution is 7.86. The predicted octanol–water partition coefficient (Wildman–Crippen LogP) is 9.17. The Bertz CT molecular complexity index is 3050. The summed E-state index contributed by atoms with van der Waals surface area (Å²) in [5.74, 6) is -29.0. The van der Waals surface area contributed by atoms with Crippen LogP contribution in [-0.4, -0.2) is 52.0 Å². The normalized spacial score (nSPS) is 13.8. The Morgan fingerprint density at radius 2 is 0.906 bits per heavy atom. The number of halogens is 9. The molecule has 1 aliphatic rings. The van der Waals surface area contributed by atoms with Gasteiger partial charge in [0.15, 0.2) is 40.7 Å². The molecule has 6 aromatic rings. The molecule has 12 nitrogen and oxygen atoms in total. The molecule has 64 heavy (non-hydrogen) atoms. The highest BCUT2D eigenvalue weighted by Gasteiger charge is 2.41. The molecule has 0 radical (unpaired) electrons. The van der Waals surface area contributed by atoms with Gasteiger partial charge < -0.3 is 23.7 Å². The van der Waals surface area contributed by atoms with E-state index in [0.29, 0.717) is 0 Å². The van der Waals surface area contributed by atoms with Gasteiger partial charge in [-0.15, -0.1) is 0 Å². The largest absolute Gasteiger partial charge is 0.495 e. The molecule has 334 valence electrons. The fourth-order valence-corrected chi connectivity index (χ4v) is 7.83. The lowest BCUT2D eigenvalue weighted by Gasteiger charge is -2.28. The number of hydrogen-bond acceptors (Lipinski definition) is 10. The van der Waals surface area contributed by atoms with E-state index in [2.05, 4.69) is 0 Å². The van der Waals surface area contributed by atoms with Gasteiger partial charge in [-0.1, -0.05) is 0 Å². The van der Waals surface area contributed by atoms with Gasteiger partial charge in [0.25, 0.3) is 20.2 Å². The monoisotopic (exact) mass is 942 g/mol. The molecule has 0 aromatic heterocycles. The SMILES string of the molecule is COc1ccc(C(=O)c2ccc(Oc3ccc(C4(c5ccc(Oc6c(F)c(F)c(-c7c(F)c(F)c(F)c(F)c7F)c(F)c6F)cc5)OCCO4)cc3)c(S(=O)(=O)O)c2)cc1S(=O)(=O)O. The van der Waals surface area contributed by atoms with E-state index in [1.807, 2.05) is 0 Å². The fraction of sp³-hybridized carbons (Fsp3) is 0.0976. The lowest BCUT2D eigenvalue weighted by Crippen LogP contribution is -2.28. The van der Waals surface area contributed by atoms with Crippen molar-refractivity contribution in [2.75, 3.05) is 20.3 Å². The molecule has 0 saturated carbocycles. The number of carbonyl (C=O) groups is 1. The maximum absolute atomic E-state index is 15.1. The van der Waals surface area contributed by atoms with Crippen LogP contribution in [0.15, 0.2) is 94.7 Å². The maximum atomic E-state index is 15.1. The zero-order valence-corrected chi connectivity index (χ0v) is 33.3. The number of rotatable bonds is 12. The third kappa shape index (κ3) is 8.12. The molecular formula is C41H23F9O12S2. The minimum Gasteiger partial charge on any atom is -0.495 e. The minimum atomic E-state index is -5.08. The Morgan fingerprint density at radius 1 is 0.531 bits per heavy atom. The average molecular weight is 943 g/mol. The Hall–Kier alpha value is -6.50. The van der Waals surface area contributed by atoms with E-state index < -0.39 is 122 Å². The van der Waals surface area contributed by atoms with E-state index in [1.54, 1.807) is 0 Å². The molecule has 23 heteroatoms. The maximum Gasteiger partial charge on any atom is 0.298 e. The van der Waals surface area contributed by atoms with E-state index in [1.165, 1.54) is 36.4 Å². The average Bonchev–Trinajstić information content (AvgIpc) is 3.78. The van der Waals surface area contributed by atoms with E-state index in [0.717, 1.165) is 55.6 Å². The van der Waals surface area contributed by atoms with Crippen LogP contribution in [0.2, 0.25) is 0 Å². The lowest BCUT2D eigenvalue weighted by atomic mass is 9.97. The molecule has 6 aromatic carbocycles. The van der Waals surface area contributed by atoms with Gasteiger partial charge in [-0.25, -0.2) is 30.7 Å². The van der Waals surface area contributed by atoms with Crippen LogP contribution >= 0.6 is 0 Å². The molecule has 0 spiro atoms. The smallest absolute Gasteiger partial charge is 0.298 e. The van der Waals surface area contributed by atoms with E-state index in [-0.39, 0.29) is 47.0 Å². The molecular weight excluding hydrogens is 920 g/mol. The van der Waals surface area contributed by atoms with Gasteiger partial charge in [-0.2, -0.15) is 25.6 Å². The molecule has 0 atom stereocenters. The molecule has 1 heterocycles. The number of benzene rings is 6. The third-order valence-corrected chi connectivity index (χ3v) is 11.2. The van der Waals surface area contributed by atoms with E-state index in [9.17, 15) is 52.7 Å². The van der Waals surface area contributed by atoms with Crippen molar-refractivity contribution in [3.8, 4) is 39.9 Å². The number of ketones is 1. The Kier molecular flexibility index (Phi) is 12.0. The first-order valence-corrected chi connectivity index (χ1v) is 20.5. The summed E-state index contributed by atoms with van der Waals surface area (Å²) in [6.07, 6.45) is 0. The van der Waals surface area contributed by atoms with Gasteiger partial charge in [-0.3, -0.25) is 13.9 Å². The lowest BCUT2D eigenvalue weighted by molar-refractivity contribution is -0.129. The molecule has 0 bridgehead atoms. The zero-order valence-electron chi connectivity index (χ0n) is 31.7. The molecule has 2 N–H and O–H groups in total. The summed E-state index contributed by atoms with van der Waals surface area (Å²) in [4.78, 5) is 11.7. The van der Waals surface area contributed by atoms with Crippen LogP contribution in [0.1, 0.15) is 27.0 Å². The zero-order chi connectivity index (χ0) is 46.6. The van der Waals surface area contributed by atoms with Crippen LogP contribution in [0.3, 0.4) is 0 Å². The van der Waals surface area contributed by atoms with Crippen LogP contribution in [0, 0.1) is 52.4 Å². The third-order valence-electron chi connectivity index (χ3n) is 9.48. The van der Waals surface area contributed by atoms with Gasteiger partial charge >= 0.3 is 0 Å². The first kappa shape index (κ1) is 45.5. The van der Waals surface area contributed by atoms with Crippen molar-refractivity contribution >= 4 is 26.0 Å². The van der Waals surface area contributed by atoms with Gasteiger partial charge in [0, 0.05) is 22.3 Å². The molecule has 1 aliphatic heterocycles. The van der Waals surface area contributed by atoms with Crippen molar-refractivity contribution in [1.82, 2.24) is 0 Å². The number of carbonyl (C=O) groups excluding carboxylic acids is 1. The molecule has 0 aliphatic carbocycles. The van der Waals surface area contributed by atoms with Gasteiger partial charge in [0.05, 0.1) is 31.5 Å². The highest BCUT2D eigenvalue weighted by Crippen LogP contribution is 2.43. The van der Waals surface area contributed by atoms with E-state index >= 15 is 17.6 Å². The summed E-state index contributed by atoms with van der Waals surface area (Å²) in [6, 6.07) is 16.0. The summed E-state index contributed by atoms with van der Waals surface area (Å²) in [5.41, 5.74) is -4.66. The van der Waals surface area contributed by atoms with Crippen molar-refractivity contribution in [2.24, 2.45) is 0 Å². The van der Waals surface area contributed by atoms with E-state index in [4.69, 9.17) is 23.7 Å². The summed E-state index contributed by atoms with van der Waals surface area (Å²) < 4.78 is 226. The van der Waals surface area contributed by atoms with Crippen molar-refractivity contribution in [3.05, 3.63) is 160 Å². The Balaban J connectivity index is 1.14. The van der Waals surface area contributed by atoms with Crippen molar-refractivity contribution in [3.63, 3.8) is 0 Å². The molecule has 1 fully saturated rings. The van der Waals surface area contributed by atoms with Crippen LogP contribution in [0.5, 0.6) is 28.7 Å². The fourth-order valence-electron chi connectivity index (χ4n) is 6.51.